The molecule has 1 unspecified atom stereocenters. The van der Waals surface area contributed by atoms with Crippen molar-refractivity contribution in [1.29, 1.82) is 0 Å². The van der Waals surface area contributed by atoms with Crippen LogP contribution < -0.4 is 0 Å². The van der Waals surface area contributed by atoms with Gasteiger partial charge in [0.15, 0.2) is 0 Å². The molecule has 1 heterocycles. The number of aliphatic hydroxyl groups is 1. The minimum Gasteiger partial charge on any atom is -0.386 e. The molecule has 0 aromatic heterocycles. The van der Waals surface area contributed by atoms with Gasteiger partial charge in [-0.2, -0.15) is 0 Å². The molecule has 1 rings (SSSR count). The van der Waals surface area contributed by atoms with Gasteiger partial charge in [0.2, 0.25) is 0 Å². The lowest BCUT2D eigenvalue weighted by atomic mass is 10.3. The van der Waals surface area contributed by atoms with Gasteiger partial charge in [0.05, 0.1) is 12.7 Å². The molecular formula is C6H10O3. The molecule has 0 aromatic rings. The van der Waals surface area contributed by atoms with Crippen LogP contribution in [0.3, 0.4) is 0 Å². The fourth-order valence-corrected chi connectivity index (χ4v) is 0.602. The van der Waals surface area contributed by atoms with Crippen molar-refractivity contribution in [3.05, 3.63) is 12.2 Å². The molecule has 0 radical (unpaired) electrons. The zero-order valence-corrected chi connectivity index (χ0v) is 5.12. The molecule has 0 fully saturated rings. The van der Waals surface area contributed by atoms with Gasteiger partial charge >= 0.3 is 0 Å². The molecule has 3 nitrogen and oxygen atoms in total. The van der Waals surface area contributed by atoms with Crippen LogP contribution in [0.4, 0.5) is 0 Å². The monoisotopic (exact) mass is 130 g/mol. The van der Waals surface area contributed by atoms with E-state index in [1.54, 1.807) is 6.08 Å². The van der Waals surface area contributed by atoms with Gasteiger partial charge in [-0.15, -0.1) is 0 Å². The predicted octanol–water partition coefficient (Wildman–Crippen LogP) is 0.255. The highest BCUT2D eigenvalue weighted by atomic mass is 17.2. The van der Waals surface area contributed by atoms with E-state index < -0.39 is 6.10 Å². The van der Waals surface area contributed by atoms with Crippen LogP contribution >= 0.6 is 0 Å². The second-order valence-electron chi connectivity index (χ2n) is 1.89. The van der Waals surface area contributed by atoms with E-state index >= 15 is 0 Å². The summed E-state index contributed by atoms with van der Waals surface area (Å²) >= 11 is 0. The Morgan fingerprint density at radius 1 is 1.44 bits per heavy atom. The minimum atomic E-state index is -0.509. The maximum atomic E-state index is 8.92. The molecule has 0 saturated heterocycles. The highest BCUT2D eigenvalue weighted by molar-refractivity contribution is 4.88. The van der Waals surface area contributed by atoms with E-state index in [9.17, 15) is 0 Å². The first-order valence-corrected chi connectivity index (χ1v) is 2.99. The summed E-state index contributed by atoms with van der Waals surface area (Å²) < 4.78 is 0. The van der Waals surface area contributed by atoms with Crippen molar-refractivity contribution in [2.24, 2.45) is 0 Å². The molecule has 1 atom stereocenters. The van der Waals surface area contributed by atoms with E-state index in [0.29, 0.717) is 6.61 Å². The summed E-state index contributed by atoms with van der Waals surface area (Å²) in [5.74, 6) is 0. The molecule has 0 amide bonds. The third kappa shape index (κ3) is 2.60. The summed E-state index contributed by atoms with van der Waals surface area (Å²) in [7, 11) is 0. The maximum absolute atomic E-state index is 8.92. The van der Waals surface area contributed by atoms with Gasteiger partial charge in [0.1, 0.15) is 6.61 Å². The number of rotatable bonds is 0. The van der Waals surface area contributed by atoms with E-state index in [1.165, 1.54) is 0 Å². The summed E-state index contributed by atoms with van der Waals surface area (Å²) in [6.45, 7) is 0.805. The molecule has 1 aliphatic rings. The molecule has 0 aliphatic carbocycles. The standard InChI is InChI=1S/C6H10O3/c7-6-3-1-2-4-8-9-5-6/h1,3,6-7H,2,4-5H2/b3-1+. The normalized spacial score (nSPS) is 32.8. The van der Waals surface area contributed by atoms with Crippen LogP contribution in [0.2, 0.25) is 0 Å². The van der Waals surface area contributed by atoms with Crippen LogP contribution in [0.1, 0.15) is 6.42 Å². The third-order valence-electron chi connectivity index (χ3n) is 1.05. The van der Waals surface area contributed by atoms with Gasteiger partial charge in [-0.25, -0.2) is 9.78 Å². The molecule has 3 heteroatoms. The van der Waals surface area contributed by atoms with Crippen molar-refractivity contribution in [3.8, 4) is 0 Å². The largest absolute Gasteiger partial charge is 0.386 e. The predicted molar refractivity (Wildman–Crippen MR) is 31.7 cm³/mol. The average molecular weight is 130 g/mol. The molecule has 1 aliphatic heterocycles. The Morgan fingerprint density at radius 2 is 2.33 bits per heavy atom. The van der Waals surface area contributed by atoms with Crippen molar-refractivity contribution in [2.75, 3.05) is 13.2 Å². The van der Waals surface area contributed by atoms with Crippen LogP contribution in [-0.2, 0) is 9.78 Å². The minimum absolute atomic E-state index is 0.233. The second-order valence-corrected chi connectivity index (χ2v) is 1.89. The number of aliphatic hydroxyl groups excluding tert-OH is 1. The average Bonchev–Trinajstić information content (AvgIpc) is 1.79. The summed E-state index contributed by atoms with van der Waals surface area (Å²) in [6.07, 6.45) is 3.89. The van der Waals surface area contributed by atoms with Crippen LogP contribution in [-0.4, -0.2) is 24.4 Å². The van der Waals surface area contributed by atoms with Crippen molar-refractivity contribution < 1.29 is 14.9 Å². The van der Waals surface area contributed by atoms with Gasteiger partial charge in [0, 0.05) is 0 Å². The summed E-state index contributed by atoms with van der Waals surface area (Å²) in [5, 5.41) is 8.92. The van der Waals surface area contributed by atoms with Gasteiger partial charge in [-0.1, -0.05) is 12.2 Å². The van der Waals surface area contributed by atoms with Crippen molar-refractivity contribution in [1.82, 2.24) is 0 Å². The Balaban J connectivity index is 2.30. The van der Waals surface area contributed by atoms with E-state index in [0.717, 1.165) is 6.42 Å². The lowest BCUT2D eigenvalue weighted by Crippen LogP contribution is -2.14. The van der Waals surface area contributed by atoms with Crippen LogP contribution in [0, 0.1) is 0 Å². The summed E-state index contributed by atoms with van der Waals surface area (Å²) in [4.78, 5) is 9.22. The second kappa shape index (κ2) is 3.61. The SMILES string of the molecule is OC1/C=C/CCOOC1. The Labute approximate surface area is 53.8 Å². The highest BCUT2D eigenvalue weighted by Crippen LogP contribution is 1.96. The summed E-state index contributed by atoms with van der Waals surface area (Å²) in [6, 6.07) is 0. The zero-order chi connectivity index (χ0) is 6.53. The lowest BCUT2D eigenvalue weighted by Gasteiger charge is -2.08. The quantitative estimate of drug-likeness (QED) is 0.377. The molecule has 0 bridgehead atoms. The highest BCUT2D eigenvalue weighted by Gasteiger charge is 2.01. The Morgan fingerprint density at radius 3 is 3.22 bits per heavy atom. The van der Waals surface area contributed by atoms with Gasteiger partial charge in [-0.3, -0.25) is 0 Å². The molecule has 0 spiro atoms. The molecular weight excluding hydrogens is 120 g/mol. The molecule has 1 N–H and O–H groups in total. The van der Waals surface area contributed by atoms with Gasteiger partial charge in [-0.05, 0) is 6.42 Å². The van der Waals surface area contributed by atoms with E-state index in [-0.39, 0.29) is 6.61 Å². The third-order valence-corrected chi connectivity index (χ3v) is 1.05. The van der Waals surface area contributed by atoms with Crippen LogP contribution in [0.15, 0.2) is 12.2 Å². The smallest absolute Gasteiger partial charge is 0.112 e. The van der Waals surface area contributed by atoms with E-state index in [4.69, 9.17) is 5.11 Å². The molecule has 52 valence electrons. The number of hydrogen-bond acceptors (Lipinski definition) is 3. The topological polar surface area (TPSA) is 38.7 Å². The molecule has 9 heavy (non-hydrogen) atoms. The van der Waals surface area contributed by atoms with Gasteiger partial charge in [0.25, 0.3) is 0 Å². The lowest BCUT2D eigenvalue weighted by molar-refractivity contribution is -0.302. The van der Waals surface area contributed by atoms with Crippen molar-refractivity contribution in [2.45, 2.75) is 12.5 Å². The molecule has 0 saturated carbocycles. The maximum Gasteiger partial charge on any atom is 0.112 e. The van der Waals surface area contributed by atoms with Crippen molar-refractivity contribution >= 4 is 0 Å². The first kappa shape index (κ1) is 6.74. The fraction of sp³-hybridized carbons (Fsp3) is 0.667. The van der Waals surface area contributed by atoms with Crippen LogP contribution in [0.5, 0.6) is 0 Å². The Kier molecular flexibility index (Phi) is 2.70. The number of hydrogen-bond donors (Lipinski definition) is 1. The van der Waals surface area contributed by atoms with Crippen LogP contribution in [0.25, 0.3) is 0 Å². The van der Waals surface area contributed by atoms with E-state index in [1.807, 2.05) is 6.08 Å². The zero-order valence-electron chi connectivity index (χ0n) is 5.12. The Bertz CT molecular complexity index is 100. The van der Waals surface area contributed by atoms with Crippen molar-refractivity contribution in [3.63, 3.8) is 0 Å². The van der Waals surface area contributed by atoms with E-state index in [2.05, 4.69) is 9.78 Å². The van der Waals surface area contributed by atoms with Gasteiger partial charge < -0.3 is 5.11 Å². The summed E-state index contributed by atoms with van der Waals surface area (Å²) in [5.41, 5.74) is 0. The Hall–Kier alpha value is -0.380. The first-order valence-electron chi connectivity index (χ1n) is 2.99. The molecule has 0 aromatic carbocycles. The fourth-order valence-electron chi connectivity index (χ4n) is 0.602. The first-order chi connectivity index (χ1) is 4.39.